The molecule has 0 aliphatic carbocycles. The van der Waals surface area contributed by atoms with E-state index < -0.39 is 17.7 Å². The van der Waals surface area contributed by atoms with Crippen molar-refractivity contribution in [1.82, 2.24) is 0 Å². The van der Waals surface area contributed by atoms with Crippen molar-refractivity contribution in [2.24, 2.45) is 17.4 Å². The van der Waals surface area contributed by atoms with Crippen LogP contribution < -0.4 is 11.5 Å². The van der Waals surface area contributed by atoms with Crippen LogP contribution in [0.3, 0.4) is 0 Å². The molecule has 0 spiro atoms. The molecule has 0 rings (SSSR count). The molecule has 5 nitrogen and oxygen atoms in total. The van der Waals surface area contributed by atoms with E-state index in [0.717, 1.165) is 0 Å². The molecule has 2 amide bonds. The summed E-state index contributed by atoms with van der Waals surface area (Å²) in [7, 11) is 0. The van der Waals surface area contributed by atoms with Gasteiger partial charge in [0.2, 0.25) is 11.8 Å². The van der Waals surface area contributed by atoms with E-state index >= 15 is 0 Å². The first-order valence-electron chi connectivity index (χ1n) is 3.50. The predicted octanol–water partition coefficient (Wildman–Crippen LogP) is -1.06. The zero-order chi connectivity index (χ0) is 9.72. The average Bonchev–Trinajstić information content (AvgIpc) is 1.83. The van der Waals surface area contributed by atoms with Crippen LogP contribution in [-0.2, 0) is 14.4 Å². The van der Waals surface area contributed by atoms with E-state index in [1.165, 1.54) is 6.92 Å². The second kappa shape index (κ2) is 4.48. The quantitative estimate of drug-likeness (QED) is 0.552. The Morgan fingerprint density at radius 2 is 1.42 bits per heavy atom. The predicted molar refractivity (Wildman–Crippen MR) is 41.8 cm³/mol. The fourth-order valence-corrected chi connectivity index (χ4v) is 0.845. The molecule has 0 aliphatic heterocycles. The van der Waals surface area contributed by atoms with Crippen LogP contribution >= 0.6 is 0 Å². The fraction of sp³-hybridized carbons (Fsp3) is 0.571. The Labute approximate surface area is 70.1 Å². The minimum absolute atomic E-state index is 0.113. The minimum Gasteiger partial charge on any atom is -0.370 e. The molecule has 0 bridgehead atoms. The summed E-state index contributed by atoms with van der Waals surface area (Å²) in [5, 5.41) is 0. The van der Waals surface area contributed by atoms with Gasteiger partial charge >= 0.3 is 0 Å². The van der Waals surface area contributed by atoms with Crippen LogP contribution in [0.2, 0.25) is 0 Å². The molecule has 0 aliphatic rings. The Kier molecular flexibility index (Phi) is 3.96. The van der Waals surface area contributed by atoms with Gasteiger partial charge in [0.15, 0.2) is 0 Å². The lowest BCUT2D eigenvalue weighted by Crippen LogP contribution is -2.26. The summed E-state index contributed by atoms with van der Waals surface area (Å²) < 4.78 is 0. The molecular weight excluding hydrogens is 160 g/mol. The summed E-state index contributed by atoms with van der Waals surface area (Å²) in [4.78, 5) is 31.6. The van der Waals surface area contributed by atoms with Crippen molar-refractivity contribution >= 4 is 17.6 Å². The number of amides is 2. The van der Waals surface area contributed by atoms with Gasteiger partial charge in [-0.05, 0) is 6.92 Å². The number of carbonyl (C=O) groups excluding carboxylic acids is 3. The lowest BCUT2D eigenvalue weighted by Gasteiger charge is -2.07. The summed E-state index contributed by atoms with van der Waals surface area (Å²) in [5.41, 5.74) is 9.73. The van der Waals surface area contributed by atoms with Gasteiger partial charge in [-0.15, -0.1) is 0 Å². The topological polar surface area (TPSA) is 103 Å². The number of ketones is 1. The van der Waals surface area contributed by atoms with E-state index in [9.17, 15) is 14.4 Å². The van der Waals surface area contributed by atoms with Crippen LogP contribution in [0, 0.1) is 5.92 Å². The molecular formula is C7H12N2O3. The van der Waals surface area contributed by atoms with Crippen molar-refractivity contribution < 1.29 is 14.4 Å². The van der Waals surface area contributed by atoms with Gasteiger partial charge < -0.3 is 11.5 Å². The molecule has 0 heterocycles. The Morgan fingerprint density at radius 3 is 1.58 bits per heavy atom. The molecule has 0 atom stereocenters. The van der Waals surface area contributed by atoms with Crippen molar-refractivity contribution in [2.75, 3.05) is 0 Å². The van der Waals surface area contributed by atoms with Crippen molar-refractivity contribution in [2.45, 2.75) is 19.8 Å². The third kappa shape index (κ3) is 4.43. The monoisotopic (exact) mass is 172 g/mol. The highest BCUT2D eigenvalue weighted by molar-refractivity contribution is 5.88. The van der Waals surface area contributed by atoms with Crippen molar-refractivity contribution in [3.63, 3.8) is 0 Å². The molecule has 0 aromatic carbocycles. The minimum atomic E-state index is -0.653. The summed E-state index contributed by atoms with van der Waals surface area (Å²) in [6, 6.07) is 0. The second-order valence-electron chi connectivity index (χ2n) is 2.65. The van der Waals surface area contributed by atoms with E-state index in [1.54, 1.807) is 0 Å². The summed E-state index contributed by atoms with van der Waals surface area (Å²) >= 11 is 0. The number of nitrogens with two attached hydrogens (primary N) is 2. The summed E-state index contributed by atoms with van der Waals surface area (Å²) in [6.07, 6.45) is -0.226. The molecule has 0 saturated carbocycles. The highest BCUT2D eigenvalue weighted by atomic mass is 16.2. The van der Waals surface area contributed by atoms with E-state index in [-0.39, 0.29) is 18.6 Å². The molecule has 0 fully saturated rings. The number of Topliss-reactive ketones (excluding diaryl/α,β-unsaturated/α-hetero) is 1. The van der Waals surface area contributed by atoms with Gasteiger partial charge in [-0.3, -0.25) is 14.4 Å². The summed E-state index contributed by atoms with van der Waals surface area (Å²) in [6.45, 7) is 1.30. The van der Waals surface area contributed by atoms with E-state index in [1.807, 2.05) is 0 Å². The average molecular weight is 172 g/mol. The maximum atomic E-state index is 10.8. The molecule has 0 radical (unpaired) electrons. The number of hydrogen-bond donors (Lipinski definition) is 2. The van der Waals surface area contributed by atoms with Gasteiger partial charge in [-0.2, -0.15) is 0 Å². The third-order valence-corrected chi connectivity index (χ3v) is 1.47. The highest BCUT2D eigenvalue weighted by Gasteiger charge is 2.18. The van der Waals surface area contributed by atoms with Gasteiger partial charge in [-0.25, -0.2) is 0 Å². The summed E-state index contributed by atoms with van der Waals surface area (Å²) in [5.74, 6) is -2.10. The Bertz CT molecular complexity index is 197. The van der Waals surface area contributed by atoms with Gasteiger partial charge in [-0.1, -0.05) is 0 Å². The standard InChI is InChI=1S/C7H12N2O3/c1-4(10)5(2-6(8)11)3-7(9)12/h5H,2-3H2,1H3,(H2,8,11)(H2,9,12). The van der Waals surface area contributed by atoms with E-state index in [4.69, 9.17) is 11.5 Å². The molecule has 4 N–H and O–H groups in total. The SMILES string of the molecule is CC(=O)C(CC(N)=O)CC(N)=O. The first kappa shape index (κ1) is 10.6. The zero-order valence-electron chi connectivity index (χ0n) is 6.87. The van der Waals surface area contributed by atoms with Crippen LogP contribution in [0.25, 0.3) is 0 Å². The third-order valence-electron chi connectivity index (χ3n) is 1.47. The molecule has 0 aromatic rings. The van der Waals surface area contributed by atoms with Crippen LogP contribution in [0.4, 0.5) is 0 Å². The number of primary amides is 2. The first-order valence-corrected chi connectivity index (χ1v) is 3.50. The molecule has 5 heteroatoms. The van der Waals surface area contributed by atoms with Gasteiger partial charge in [0, 0.05) is 18.8 Å². The van der Waals surface area contributed by atoms with Gasteiger partial charge in [0.25, 0.3) is 0 Å². The molecule has 0 saturated heterocycles. The fourth-order valence-electron chi connectivity index (χ4n) is 0.845. The zero-order valence-corrected chi connectivity index (χ0v) is 6.87. The smallest absolute Gasteiger partial charge is 0.218 e. The maximum Gasteiger partial charge on any atom is 0.218 e. The largest absolute Gasteiger partial charge is 0.370 e. The number of hydrogen-bond acceptors (Lipinski definition) is 3. The second-order valence-corrected chi connectivity index (χ2v) is 2.65. The van der Waals surface area contributed by atoms with Crippen molar-refractivity contribution in [3.8, 4) is 0 Å². The Balaban J connectivity index is 4.14. The van der Waals surface area contributed by atoms with Crippen LogP contribution in [0.5, 0.6) is 0 Å². The first-order chi connectivity index (χ1) is 5.43. The Morgan fingerprint density at radius 1 is 1.08 bits per heavy atom. The number of rotatable bonds is 5. The normalized spacial score (nSPS) is 9.83. The number of carbonyl (C=O) groups is 3. The Hall–Kier alpha value is -1.39. The maximum absolute atomic E-state index is 10.8. The van der Waals surface area contributed by atoms with Crippen LogP contribution in [0.15, 0.2) is 0 Å². The van der Waals surface area contributed by atoms with Crippen molar-refractivity contribution in [1.29, 1.82) is 0 Å². The molecule has 12 heavy (non-hydrogen) atoms. The molecule has 68 valence electrons. The van der Waals surface area contributed by atoms with Crippen LogP contribution in [-0.4, -0.2) is 17.6 Å². The lowest BCUT2D eigenvalue weighted by atomic mass is 9.97. The molecule has 0 aromatic heterocycles. The van der Waals surface area contributed by atoms with Crippen LogP contribution in [0.1, 0.15) is 19.8 Å². The van der Waals surface area contributed by atoms with Crippen molar-refractivity contribution in [3.05, 3.63) is 0 Å². The molecule has 0 unspecified atom stereocenters. The van der Waals surface area contributed by atoms with Gasteiger partial charge in [0.1, 0.15) is 5.78 Å². The highest BCUT2D eigenvalue weighted by Crippen LogP contribution is 2.08. The van der Waals surface area contributed by atoms with E-state index in [0.29, 0.717) is 0 Å². The van der Waals surface area contributed by atoms with Gasteiger partial charge in [0.05, 0.1) is 0 Å². The van der Waals surface area contributed by atoms with E-state index in [2.05, 4.69) is 0 Å². The lowest BCUT2D eigenvalue weighted by molar-refractivity contribution is -0.129.